The van der Waals surface area contributed by atoms with Crippen LogP contribution in [0.4, 0.5) is 0 Å². The number of aliphatic hydroxyl groups is 10. The molecule has 0 aliphatic carbocycles. The van der Waals surface area contributed by atoms with Crippen LogP contribution in [-0.4, -0.2) is 169 Å². The molecular formula is C20H35NO16. The first-order valence-corrected chi connectivity index (χ1v) is 11.5. The van der Waals surface area contributed by atoms with Gasteiger partial charge < -0.3 is 80.1 Å². The van der Waals surface area contributed by atoms with Crippen LogP contribution < -0.4 is 5.32 Å². The topological polar surface area (TPSA) is 278 Å². The van der Waals surface area contributed by atoms with Crippen LogP contribution in [-0.2, 0) is 28.5 Å². The second-order valence-electron chi connectivity index (χ2n) is 9.14. The van der Waals surface area contributed by atoms with E-state index >= 15 is 0 Å². The Balaban J connectivity index is 1.78. The third-order valence-corrected chi connectivity index (χ3v) is 6.57. The predicted octanol–water partition coefficient (Wildman–Crippen LogP) is -7.43. The van der Waals surface area contributed by atoms with Crippen LogP contribution in [0.25, 0.3) is 0 Å². The summed E-state index contributed by atoms with van der Waals surface area (Å²) in [4.78, 5) is 11.7. The number of hydrogen-bond donors (Lipinski definition) is 11. The summed E-state index contributed by atoms with van der Waals surface area (Å²) in [5.41, 5.74) is 0. The van der Waals surface area contributed by atoms with E-state index in [9.17, 15) is 55.9 Å². The van der Waals surface area contributed by atoms with Crippen molar-refractivity contribution in [3.05, 3.63) is 0 Å². The van der Waals surface area contributed by atoms with E-state index in [1.54, 1.807) is 0 Å². The van der Waals surface area contributed by atoms with Crippen molar-refractivity contribution in [3.63, 3.8) is 0 Å². The zero-order valence-corrected chi connectivity index (χ0v) is 19.8. The lowest BCUT2D eigenvalue weighted by molar-refractivity contribution is -0.373. The van der Waals surface area contributed by atoms with Gasteiger partial charge in [0, 0.05) is 6.92 Å². The van der Waals surface area contributed by atoms with Crippen molar-refractivity contribution in [2.45, 2.75) is 92.4 Å². The van der Waals surface area contributed by atoms with Gasteiger partial charge in [-0.25, -0.2) is 0 Å². The Hall–Kier alpha value is -1.13. The first-order chi connectivity index (χ1) is 17.4. The monoisotopic (exact) mass is 545 g/mol. The number of rotatable bonds is 9. The number of ether oxygens (including phenoxy) is 5. The van der Waals surface area contributed by atoms with Crippen molar-refractivity contribution in [1.29, 1.82) is 0 Å². The smallest absolute Gasteiger partial charge is 0.224 e. The zero-order chi connectivity index (χ0) is 27.7. The van der Waals surface area contributed by atoms with Crippen molar-refractivity contribution < 1.29 is 79.5 Å². The molecule has 3 saturated heterocycles. The van der Waals surface area contributed by atoms with Gasteiger partial charge in [-0.3, -0.25) is 4.79 Å². The standard InChI is InChI=1S/C20H35NO16/c1-6(25)21-10-14(29)12(27)9(4-33-19-16(31)15(30)11(26)7(2-22)34-19)35-18(10)37-20(5-24)17(32)13(28)8(3-23)36-20/h7-19,22-24,26-32H,2-5H2,1H3,(H,21,25)/t7-,8-,9-,10-,11+,12-,13-,14-,15+,16-,17+,18-,19-,20+/m1/s1. The normalized spacial score (nSPS) is 48.7. The fourth-order valence-corrected chi connectivity index (χ4v) is 4.42. The Morgan fingerprint density at radius 2 is 1.38 bits per heavy atom. The van der Waals surface area contributed by atoms with Crippen LogP contribution in [0.1, 0.15) is 6.92 Å². The van der Waals surface area contributed by atoms with Gasteiger partial charge >= 0.3 is 0 Å². The van der Waals surface area contributed by atoms with E-state index in [0.29, 0.717) is 0 Å². The van der Waals surface area contributed by atoms with Crippen molar-refractivity contribution in [2.75, 3.05) is 26.4 Å². The Kier molecular flexibility index (Phi) is 10.2. The highest BCUT2D eigenvalue weighted by Gasteiger charge is 2.58. The molecule has 17 heteroatoms. The number of nitrogens with one attached hydrogen (secondary N) is 1. The first kappa shape index (κ1) is 30.4. The predicted molar refractivity (Wildman–Crippen MR) is 113 cm³/mol. The molecule has 1 amide bonds. The molecule has 0 aromatic carbocycles. The molecule has 0 radical (unpaired) electrons. The number of aliphatic hydroxyl groups excluding tert-OH is 10. The highest BCUT2D eigenvalue weighted by Crippen LogP contribution is 2.36. The van der Waals surface area contributed by atoms with E-state index in [1.807, 2.05) is 0 Å². The summed E-state index contributed by atoms with van der Waals surface area (Å²) >= 11 is 0. The molecule has 17 nitrogen and oxygen atoms in total. The van der Waals surface area contributed by atoms with Gasteiger partial charge in [0.25, 0.3) is 0 Å². The molecule has 0 unspecified atom stereocenters. The quantitative estimate of drug-likeness (QED) is 0.128. The SMILES string of the molecule is CC(=O)N[C@H]1[C@@H](O[C@]2(CO)O[C@H](CO)[C@@H](O)[C@@H]2O)O[C@H](CO[C@@H]2O[C@H](CO)[C@H](O)[C@H](O)[C@H]2O)[C@@H](O)[C@@H]1O. The average molecular weight is 545 g/mol. The fraction of sp³-hybridized carbons (Fsp3) is 0.950. The summed E-state index contributed by atoms with van der Waals surface area (Å²) in [5.74, 6) is -3.04. The van der Waals surface area contributed by atoms with Gasteiger partial charge in [-0.15, -0.1) is 0 Å². The summed E-state index contributed by atoms with van der Waals surface area (Å²) < 4.78 is 27.1. The minimum Gasteiger partial charge on any atom is -0.394 e. The molecule has 216 valence electrons. The Morgan fingerprint density at radius 1 is 0.784 bits per heavy atom. The molecule has 0 spiro atoms. The van der Waals surface area contributed by atoms with Crippen molar-refractivity contribution >= 4 is 5.91 Å². The van der Waals surface area contributed by atoms with E-state index in [0.717, 1.165) is 6.92 Å². The summed E-state index contributed by atoms with van der Waals surface area (Å²) in [6.45, 7) is -2.06. The van der Waals surface area contributed by atoms with Gasteiger partial charge in [0.05, 0.1) is 19.8 Å². The van der Waals surface area contributed by atoms with Crippen molar-refractivity contribution in [1.82, 2.24) is 5.32 Å². The summed E-state index contributed by atoms with van der Waals surface area (Å²) in [6, 6.07) is -1.49. The van der Waals surface area contributed by atoms with Crippen LogP contribution >= 0.6 is 0 Å². The summed E-state index contributed by atoms with van der Waals surface area (Å²) in [6.07, 6.45) is -19.7. The molecule has 3 rings (SSSR count). The van der Waals surface area contributed by atoms with E-state index in [-0.39, 0.29) is 0 Å². The van der Waals surface area contributed by atoms with Gasteiger partial charge in [-0.1, -0.05) is 0 Å². The molecule has 3 aliphatic rings. The van der Waals surface area contributed by atoms with Gasteiger partial charge in [-0.05, 0) is 0 Å². The number of carbonyl (C=O) groups excluding carboxylic acids is 1. The Bertz CT molecular complexity index is 760. The maximum absolute atomic E-state index is 11.7. The van der Waals surface area contributed by atoms with Crippen LogP contribution in [0.2, 0.25) is 0 Å². The van der Waals surface area contributed by atoms with Crippen LogP contribution in [0.15, 0.2) is 0 Å². The van der Waals surface area contributed by atoms with Gasteiger partial charge in [0.15, 0.2) is 12.6 Å². The second-order valence-corrected chi connectivity index (χ2v) is 9.14. The number of amides is 1. The van der Waals surface area contributed by atoms with Crippen molar-refractivity contribution in [3.8, 4) is 0 Å². The lowest BCUT2D eigenvalue weighted by Gasteiger charge is -2.46. The molecule has 3 heterocycles. The average Bonchev–Trinajstić information content (AvgIpc) is 3.11. The highest BCUT2D eigenvalue weighted by molar-refractivity contribution is 5.73. The largest absolute Gasteiger partial charge is 0.394 e. The molecule has 14 atom stereocenters. The molecule has 37 heavy (non-hydrogen) atoms. The molecule has 0 aromatic heterocycles. The molecule has 3 aliphatic heterocycles. The lowest BCUT2D eigenvalue weighted by Crippen LogP contribution is -2.67. The van der Waals surface area contributed by atoms with Gasteiger partial charge in [-0.2, -0.15) is 0 Å². The third-order valence-electron chi connectivity index (χ3n) is 6.57. The minimum absolute atomic E-state index is 0.634. The van der Waals surface area contributed by atoms with Crippen LogP contribution in [0.5, 0.6) is 0 Å². The van der Waals surface area contributed by atoms with Crippen LogP contribution in [0.3, 0.4) is 0 Å². The Labute approximate surface area is 210 Å². The van der Waals surface area contributed by atoms with E-state index in [2.05, 4.69) is 5.32 Å². The number of carbonyl (C=O) groups is 1. The Morgan fingerprint density at radius 3 is 1.92 bits per heavy atom. The van der Waals surface area contributed by atoms with E-state index in [1.165, 1.54) is 0 Å². The van der Waals surface area contributed by atoms with E-state index < -0.39 is 118 Å². The van der Waals surface area contributed by atoms with Crippen molar-refractivity contribution in [2.24, 2.45) is 0 Å². The summed E-state index contributed by atoms with van der Waals surface area (Å²) in [5, 5.41) is 103. The third kappa shape index (κ3) is 6.06. The molecule has 3 fully saturated rings. The number of hydrogen-bond acceptors (Lipinski definition) is 16. The van der Waals surface area contributed by atoms with Gasteiger partial charge in [0.1, 0.15) is 73.7 Å². The molecule has 0 saturated carbocycles. The minimum atomic E-state index is -2.36. The summed E-state index contributed by atoms with van der Waals surface area (Å²) in [7, 11) is 0. The zero-order valence-electron chi connectivity index (χ0n) is 19.8. The van der Waals surface area contributed by atoms with Gasteiger partial charge in [0.2, 0.25) is 11.7 Å². The molecule has 11 N–H and O–H groups in total. The molecular weight excluding hydrogens is 510 g/mol. The first-order valence-electron chi connectivity index (χ1n) is 11.5. The van der Waals surface area contributed by atoms with Crippen LogP contribution in [0, 0.1) is 0 Å². The maximum Gasteiger partial charge on any atom is 0.224 e. The lowest BCUT2D eigenvalue weighted by atomic mass is 9.96. The van der Waals surface area contributed by atoms with E-state index in [4.69, 9.17) is 23.7 Å². The highest BCUT2D eigenvalue weighted by atomic mass is 16.8. The molecule has 0 bridgehead atoms. The second kappa shape index (κ2) is 12.4. The fourth-order valence-electron chi connectivity index (χ4n) is 4.42. The molecule has 0 aromatic rings. The maximum atomic E-state index is 11.7.